The lowest BCUT2D eigenvalue weighted by Gasteiger charge is -2.09. The molecular formula is C20H23NO6S. The molecule has 2 aromatic carbocycles. The normalized spacial score (nSPS) is 11.3. The number of anilines is 1. The van der Waals surface area contributed by atoms with Crippen molar-refractivity contribution in [3.63, 3.8) is 0 Å². The summed E-state index contributed by atoms with van der Waals surface area (Å²) >= 11 is 0. The van der Waals surface area contributed by atoms with Crippen LogP contribution in [0.2, 0.25) is 0 Å². The van der Waals surface area contributed by atoms with Gasteiger partial charge in [-0.1, -0.05) is 18.2 Å². The van der Waals surface area contributed by atoms with Gasteiger partial charge in [0.05, 0.1) is 23.2 Å². The summed E-state index contributed by atoms with van der Waals surface area (Å²) in [4.78, 5) is 24.1. The van der Waals surface area contributed by atoms with Crippen molar-refractivity contribution in [1.82, 2.24) is 0 Å². The van der Waals surface area contributed by atoms with Gasteiger partial charge in [0.1, 0.15) is 0 Å². The highest BCUT2D eigenvalue weighted by atomic mass is 32.2. The molecule has 0 unspecified atom stereocenters. The zero-order chi connectivity index (χ0) is 20.7. The number of rotatable bonds is 8. The monoisotopic (exact) mass is 405 g/mol. The highest BCUT2D eigenvalue weighted by Crippen LogP contribution is 2.15. The topological polar surface area (TPSA) is 98.8 Å². The third-order valence-electron chi connectivity index (χ3n) is 3.65. The highest BCUT2D eigenvalue weighted by Gasteiger charge is 2.12. The molecule has 0 fully saturated rings. The first-order valence-electron chi connectivity index (χ1n) is 8.63. The van der Waals surface area contributed by atoms with E-state index in [2.05, 4.69) is 5.32 Å². The minimum absolute atomic E-state index is 0.0869. The summed E-state index contributed by atoms with van der Waals surface area (Å²) < 4.78 is 33.6. The summed E-state index contributed by atoms with van der Waals surface area (Å²) in [5.74, 6) is -1.20. The zero-order valence-corrected chi connectivity index (χ0v) is 16.8. The Morgan fingerprint density at radius 2 is 1.75 bits per heavy atom. The molecule has 1 amide bonds. The molecule has 2 rings (SSSR count). The maximum absolute atomic E-state index is 12.1. The second kappa shape index (κ2) is 9.48. The molecule has 1 N–H and O–H groups in total. The minimum Gasteiger partial charge on any atom is -0.452 e. The van der Waals surface area contributed by atoms with Gasteiger partial charge in [-0.25, -0.2) is 13.2 Å². The molecule has 0 aromatic heterocycles. The van der Waals surface area contributed by atoms with E-state index in [0.717, 1.165) is 11.8 Å². The molecule has 2 aromatic rings. The first kappa shape index (κ1) is 21.6. The summed E-state index contributed by atoms with van der Waals surface area (Å²) in [5, 5.41) is 2.50. The largest absolute Gasteiger partial charge is 0.452 e. The number of nitrogens with one attached hydrogen (secondary N) is 1. The van der Waals surface area contributed by atoms with E-state index in [1.54, 1.807) is 30.3 Å². The van der Waals surface area contributed by atoms with E-state index in [0.29, 0.717) is 17.9 Å². The van der Waals surface area contributed by atoms with Crippen molar-refractivity contribution in [3.05, 3.63) is 59.7 Å². The van der Waals surface area contributed by atoms with Gasteiger partial charge in [-0.15, -0.1) is 0 Å². The third-order valence-corrected chi connectivity index (χ3v) is 4.76. The average molecular weight is 405 g/mol. The van der Waals surface area contributed by atoms with Gasteiger partial charge in [-0.3, -0.25) is 4.79 Å². The van der Waals surface area contributed by atoms with Crippen molar-refractivity contribution in [2.45, 2.75) is 31.5 Å². The summed E-state index contributed by atoms with van der Waals surface area (Å²) in [7, 11) is -3.38. The van der Waals surface area contributed by atoms with Crippen molar-refractivity contribution < 1.29 is 27.5 Å². The van der Waals surface area contributed by atoms with E-state index in [4.69, 9.17) is 9.47 Å². The Morgan fingerprint density at radius 3 is 2.36 bits per heavy atom. The van der Waals surface area contributed by atoms with Crippen LogP contribution in [0.15, 0.2) is 53.4 Å². The molecule has 0 spiro atoms. The summed E-state index contributed by atoms with van der Waals surface area (Å²) in [5.41, 5.74) is 1.55. The van der Waals surface area contributed by atoms with Crippen LogP contribution in [0.1, 0.15) is 29.8 Å². The predicted molar refractivity (Wildman–Crippen MR) is 105 cm³/mol. The van der Waals surface area contributed by atoms with Gasteiger partial charge in [0.15, 0.2) is 16.4 Å². The molecular weight excluding hydrogens is 382 g/mol. The third kappa shape index (κ3) is 6.79. The lowest BCUT2D eigenvalue weighted by Crippen LogP contribution is -2.21. The van der Waals surface area contributed by atoms with Gasteiger partial charge in [-0.2, -0.15) is 0 Å². The fraction of sp³-hybridized carbons (Fsp3) is 0.300. The molecule has 0 aliphatic heterocycles. The number of carbonyl (C=O) groups is 2. The predicted octanol–water partition coefficient (Wildman–Crippen LogP) is 2.81. The van der Waals surface area contributed by atoms with E-state index < -0.39 is 28.3 Å². The number of hydrogen-bond acceptors (Lipinski definition) is 6. The second-order valence-electron chi connectivity index (χ2n) is 6.48. The molecule has 0 aliphatic carbocycles. The zero-order valence-electron chi connectivity index (χ0n) is 16.0. The minimum atomic E-state index is -3.38. The molecule has 0 saturated heterocycles. The highest BCUT2D eigenvalue weighted by molar-refractivity contribution is 7.90. The van der Waals surface area contributed by atoms with Crippen molar-refractivity contribution in [3.8, 4) is 0 Å². The van der Waals surface area contributed by atoms with E-state index in [-0.39, 0.29) is 11.0 Å². The number of amides is 1. The van der Waals surface area contributed by atoms with Crippen LogP contribution in [0.25, 0.3) is 0 Å². The summed E-state index contributed by atoms with van der Waals surface area (Å²) in [6.45, 7) is 3.84. The van der Waals surface area contributed by atoms with Crippen LogP contribution in [0.3, 0.4) is 0 Å². The molecule has 0 heterocycles. The first-order chi connectivity index (χ1) is 13.1. The van der Waals surface area contributed by atoms with Crippen LogP contribution in [0.5, 0.6) is 0 Å². The Bertz CT molecular complexity index is 935. The molecule has 8 heteroatoms. The average Bonchev–Trinajstić information content (AvgIpc) is 2.64. The van der Waals surface area contributed by atoms with Crippen molar-refractivity contribution in [1.29, 1.82) is 0 Å². The molecule has 0 aliphatic rings. The first-order valence-corrected chi connectivity index (χ1v) is 10.5. The van der Waals surface area contributed by atoms with Crippen molar-refractivity contribution >= 4 is 27.4 Å². The SMILES string of the molecule is CC(C)OCc1ccc(C(=O)OCC(=O)Nc2cccc(S(C)(=O)=O)c2)cc1. The van der Waals surface area contributed by atoms with Crippen molar-refractivity contribution in [2.75, 3.05) is 18.2 Å². The quantitative estimate of drug-likeness (QED) is 0.678. The van der Waals surface area contributed by atoms with E-state index in [1.165, 1.54) is 18.2 Å². The van der Waals surface area contributed by atoms with Crippen LogP contribution >= 0.6 is 0 Å². The van der Waals surface area contributed by atoms with Crippen LogP contribution in [0.4, 0.5) is 5.69 Å². The smallest absolute Gasteiger partial charge is 0.338 e. The lowest BCUT2D eigenvalue weighted by atomic mass is 10.1. The maximum atomic E-state index is 12.1. The van der Waals surface area contributed by atoms with E-state index in [9.17, 15) is 18.0 Å². The van der Waals surface area contributed by atoms with Gasteiger partial charge in [0, 0.05) is 11.9 Å². The summed E-state index contributed by atoms with van der Waals surface area (Å²) in [6.07, 6.45) is 1.19. The van der Waals surface area contributed by atoms with Gasteiger partial charge < -0.3 is 14.8 Å². The van der Waals surface area contributed by atoms with Gasteiger partial charge in [-0.05, 0) is 49.7 Å². The number of carbonyl (C=O) groups excluding carboxylic acids is 2. The maximum Gasteiger partial charge on any atom is 0.338 e. The number of ether oxygens (including phenoxy) is 2. The number of esters is 1. The number of hydrogen-bond donors (Lipinski definition) is 1. The van der Waals surface area contributed by atoms with Crippen LogP contribution in [-0.2, 0) is 30.7 Å². The molecule has 0 saturated carbocycles. The van der Waals surface area contributed by atoms with Crippen molar-refractivity contribution in [2.24, 2.45) is 0 Å². The lowest BCUT2D eigenvalue weighted by molar-refractivity contribution is -0.119. The number of sulfone groups is 1. The fourth-order valence-corrected chi connectivity index (χ4v) is 2.88. The van der Waals surface area contributed by atoms with E-state index in [1.807, 2.05) is 13.8 Å². The molecule has 0 bridgehead atoms. The van der Waals surface area contributed by atoms with Crippen LogP contribution < -0.4 is 5.32 Å². The molecule has 150 valence electrons. The molecule has 7 nitrogen and oxygen atoms in total. The Kier molecular flexibility index (Phi) is 7.31. The van der Waals surface area contributed by atoms with E-state index >= 15 is 0 Å². The molecule has 0 atom stereocenters. The second-order valence-corrected chi connectivity index (χ2v) is 8.50. The Morgan fingerprint density at radius 1 is 1.07 bits per heavy atom. The Balaban J connectivity index is 1.88. The molecule has 28 heavy (non-hydrogen) atoms. The van der Waals surface area contributed by atoms with Gasteiger partial charge in [0.25, 0.3) is 5.91 Å². The fourth-order valence-electron chi connectivity index (χ4n) is 2.22. The van der Waals surface area contributed by atoms with Gasteiger partial charge in [0.2, 0.25) is 0 Å². The van der Waals surface area contributed by atoms with Crippen LogP contribution in [0, 0.1) is 0 Å². The Labute approximate surface area is 164 Å². The standard InChI is InChI=1S/C20H23NO6S/c1-14(2)26-12-15-7-9-16(10-8-15)20(23)27-13-19(22)21-17-5-4-6-18(11-17)28(3,24)25/h4-11,14H,12-13H2,1-3H3,(H,21,22). The molecule has 0 radical (unpaired) electrons. The van der Waals surface area contributed by atoms with Gasteiger partial charge >= 0.3 is 5.97 Å². The summed E-state index contributed by atoms with van der Waals surface area (Å²) in [6, 6.07) is 12.6. The Hall–Kier alpha value is -2.71. The van der Waals surface area contributed by atoms with Crippen LogP contribution in [-0.4, -0.2) is 39.3 Å². The number of benzene rings is 2.